The molecule has 0 aliphatic carbocycles. The fourth-order valence-electron chi connectivity index (χ4n) is 2.19. The molecule has 0 radical (unpaired) electrons. The molecule has 2 rings (SSSR count). The summed E-state index contributed by atoms with van der Waals surface area (Å²) < 4.78 is 0. The van der Waals surface area contributed by atoms with Crippen LogP contribution < -0.4 is 10.6 Å². The molecule has 6 heteroatoms. The molecule has 2 N–H and O–H groups in total. The Bertz CT molecular complexity index is 629. The van der Waals surface area contributed by atoms with Gasteiger partial charge in [-0.05, 0) is 17.0 Å². The van der Waals surface area contributed by atoms with Crippen molar-refractivity contribution in [1.82, 2.24) is 15.5 Å². The monoisotopic (exact) mass is 331 g/mol. The number of thiophene rings is 1. The number of rotatable bonds is 7. The first-order chi connectivity index (χ1) is 11.1. The summed E-state index contributed by atoms with van der Waals surface area (Å²) in [6.07, 6.45) is 0. The number of amides is 2. The zero-order valence-corrected chi connectivity index (χ0v) is 14.1. The van der Waals surface area contributed by atoms with Gasteiger partial charge in [0.1, 0.15) is 0 Å². The van der Waals surface area contributed by atoms with E-state index in [0.29, 0.717) is 0 Å². The number of carbonyl (C=O) groups excluding carboxylic acids is 2. The molecule has 1 aromatic heterocycles. The number of nitrogens with one attached hydrogen (secondary N) is 2. The van der Waals surface area contributed by atoms with Crippen LogP contribution in [0.4, 0.5) is 0 Å². The molecule has 23 heavy (non-hydrogen) atoms. The van der Waals surface area contributed by atoms with Gasteiger partial charge in [-0.15, -0.1) is 11.3 Å². The minimum atomic E-state index is -0.182. The van der Waals surface area contributed by atoms with E-state index in [2.05, 4.69) is 10.6 Å². The van der Waals surface area contributed by atoms with Crippen molar-refractivity contribution in [1.29, 1.82) is 0 Å². The highest BCUT2D eigenvalue weighted by atomic mass is 32.1. The predicted octanol–water partition coefficient (Wildman–Crippen LogP) is 1.63. The average molecular weight is 331 g/mol. The molecule has 1 aromatic carbocycles. The van der Waals surface area contributed by atoms with Crippen molar-refractivity contribution in [2.75, 3.05) is 27.2 Å². The lowest BCUT2D eigenvalue weighted by Crippen LogP contribution is -2.41. The smallest absolute Gasteiger partial charge is 0.239 e. The second-order valence-corrected chi connectivity index (χ2v) is 6.14. The van der Waals surface area contributed by atoms with Gasteiger partial charge in [-0.25, -0.2) is 0 Å². The second-order valence-electron chi connectivity index (χ2n) is 5.16. The molecule has 1 heterocycles. The highest BCUT2D eigenvalue weighted by Gasteiger charge is 2.18. The van der Waals surface area contributed by atoms with Crippen molar-refractivity contribution in [2.45, 2.75) is 6.04 Å². The van der Waals surface area contributed by atoms with Gasteiger partial charge >= 0.3 is 0 Å². The fourth-order valence-corrected chi connectivity index (χ4v) is 3.02. The molecular weight excluding hydrogens is 310 g/mol. The zero-order valence-electron chi connectivity index (χ0n) is 13.3. The normalized spacial score (nSPS) is 11.7. The topological polar surface area (TPSA) is 61.4 Å². The number of benzene rings is 1. The van der Waals surface area contributed by atoms with Crippen molar-refractivity contribution in [3.8, 4) is 0 Å². The SMILES string of the molecule is CNC(=O)CN(C)C(=O)CN[C@H](c1ccccc1)c1cccs1. The van der Waals surface area contributed by atoms with E-state index >= 15 is 0 Å². The molecule has 0 aliphatic heterocycles. The summed E-state index contributed by atoms with van der Waals surface area (Å²) in [5.74, 6) is -0.301. The first kappa shape index (κ1) is 17.2. The van der Waals surface area contributed by atoms with Gasteiger partial charge in [0.05, 0.1) is 19.1 Å². The Morgan fingerprint density at radius 3 is 2.52 bits per heavy atom. The summed E-state index contributed by atoms with van der Waals surface area (Å²) in [5.41, 5.74) is 1.11. The first-order valence-electron chi connectivity index (χ1n) is 7.38. The maximum absolute atomic E-state index is 12.2. The van der Waals surface area contributed by atoms with E-state index < -0.39 is 0 Å². The van der Waals surface area contributed by atoms with Crippen molar-refractivity contribution in [3.05, 3.63) is 58.3 Å². The summed E-state index contributed by atoms with van der Waals surface area (Å²) in [5, 5.41) is 7.83. The van der Waals surface area contributed by atoms with E-state index in [1.165, 1.54) is 4.90 Å². The van der Waals surface area contributed by atoms with Crippen LogP contribution in [0.5, 0.6) is 0 Å². The van der Waals surface area contributed by atoms with E-state index in [1.54, 1.807) is 25.4 Å². The standard InChI is InChI=1S/C17H21N3O2S/c1-18-15(21)12-20(2)16(22)11-19-17(14-9-6-10-23-14)13-7-4-3-5-8-13/h3-10,17,19H,11-12H2,1-2H3,(H,18,21)/t17-/m1/s1. The van der Waals surface area contributed by atoms with E-state index in [9.17, 15) is 9.59 Å². The van der Waals surface area contributed by atoms with Crippen LogP contribution in [0.1, 0.15) is 16.5 Å². The minimum absolute atomic E-state index is 0.0337. The summed E-state index contributed by atoms with van der Waals surface area (Å²) in [7, 11) is 3.18. The van der Waals surface area contributed by atoms with E-state index in [1.807, 2.05) is 47.8 Å². The number of likely N-dealkylation sites (N-methyl/N-ethyl adjacent to an activating group) is 2. The number of hydrogen-bond acceptors (Lipinski definition) is 4. The maximum atomic E-state index is 12.2. The molecule has 1 atom stereocenters. The Hall–Kier alpha value is -2.18. The van der Waals surface area contributed by atoms with E-state index in [4.69, 9.17) is 0 Å². The highest BCUT2D eigenvalue weighted by molar-refractivity contribution is 7.10. The van der Waals surface area contributed by atoms with Crippen LogP contribution >= 0.6 is 11.3 Å². The lowest BCUT2D eigenvalue weighted by Gasteiger charge is -2.21. The van der Waals surface area contributed by atoms with Gasteiger partial charge in [-0.3, -0.25) is 14.9 Å². The molecule has 0 spiro atoms. The van der Waals surface area contributed by atoms with Crippen LogP contribution in [-0.2, 0) is 9.59 Å². The zero-order chi connectivity index (χ0) is 16.7. The van der Waals surface area contributed by atoms with Crippen LogP contribution in [0.2, 0.25) is 0 Å². The third-order valence-corrected chi connectivity index (χ3v) is 4.44. The van der Waals surface area contributed by atoms with Crippen LogP contribution in [0.15, 0.2) is 47.8 Å². The Kier molecular flexibility index (Phi) is 6.31. The Labute approximate surface area is 140 Å². The fraction of sp³-hybridized carbons (Fsp3) is 0.294. The highest BCUT2D eigenvalue weighted by Crippen LogP contribution is 2.25. The van der Waals surface area contributed by atoms with Crippen molar-refractivity contribution >= 4 is 23.2 Å². The van der Waals surface area contributed by atoms with Crippen molar-refractivity contribution in [3.63, 3.8) is 0 Å². The molecule has 2 amide bonds. The van der Waals surface area contributed by atoms with Gasteiger partial charge in [0.2, 0.25) is 11.8 Å². The molecular formula is C17H21N3O2S. The van der Waals surface area contributed by atoms with Crippen LogP contribution in [0.3, 0.4) is 0 Å². The van der Waals surface area contributed by atoms with Gasteiger partial charge in [-0.1, -0.05) is 36.4 Å². The third-order valence-electron chi connectivity index (χ3n) is 3.50. The van der Waals surface area contributed by atoms with Gasteiger partial charge in [0.15, 0.2) is 0 Å². The lowest BCUT2D eigenvalue weighted by atomic mass is 10.1. The Morgan fingerprint density at radius 1 is 1.17 bits per heavy atom. The van der Waals surface area contributed by atoms with Gasteiger partial charge < -0.3 is 10.2 Å². The summed E-state index contributed by atoms with van der Waals surface area (Å²) in [6, 6.07) is 14.0. The number of hydrogen-bond donors (Lipinski definition) is 2. The average Bonchev–Trinajstić information content (AvgIpc) is 3.10. The quantitative estimate of drug-likeness (QED) is 0.811. The summed E-state index contributed by atoms with van der Waals surface area (Å²) in [6.45, 7) is 0.233. The molecule has 0 bridgehead atoms. The molecule has 0 saturated carbocycles. The van der Waals surface area contributed by atoms with Crippen LogP contribution in [0.25, 0.3) is 0 Å². The van der Waals surface area contributed by atoms with Crippen LogP contribution in [0, 0.1) is 0 Å². The predicted molar refractivity (Wildman–Crippen MR) is 92.3 cm³/mol. The molecule has 0 unspecified atom stereocenters. The third kappa shape index (κ3) is 4.91. The molecule has 0 aliphatic rings. The molecule has 0 fully saturated rings. The molecule has 5 nitrogen and oxygen atoms in total. The van der Waals surface area contributed by atoms with E-state index in [0.717, 1.165) is 10.4 Å². The summed E-state index contributed by atoms with van der Waals surface area (Å²) in [4.78, 5) is 26.1. The number of carbonyl (C=O) groups is 2. The molecule has 0 saturated heterocycles. The van der Waals surface area contributed by atoms with Gasteiger partial charge in [-0.2, -0.15) is 0 Å². The summed E-state index contributed by atoms with van der Waals surface area (Å²) >= 11 is 1.65. The van der Waals surface area contributed by atoms with Crippen molar-refractivity contribution in [2.24, 2.45) is 0 Å². The van der Waals surface area contributed by atoms with Crippen LogP contribution in [-0.4, -0.2) is 43.9 Å². The van der Waals surface area contributed by atoms with E-state index in [-0.39, 0.29) is 30.9 Å². The second kappa shape index (κ2) is 8.45. The maximum Gasteiger partial charge on any atom is 0.239 e. The first-order valence-corrected chi connectivity index (χ1v) is 8.26. The Balaban J connectivity index is 2.02. The number of nitrogens with zero attached hydrogens (tertiary/aromatic N) is 1. The molecule has 2 aromatic rings. The van der Waals surface area contributed by atoms with Gasteiger partial charge in [0.25, 0.3) is 0 Å². The Morgan fingerprint density at radius 2 is 1.91 bits per heavy atom. The van der Waals surface area contributed by atoms with Gasteiger partial charge in [0, 0.05) is 19.0 Å². The van der Waals surface area contributed by atoms with Crippen molar-refractivity contribution < 1.29 is 9.59 Å². The largest absolute Gasteiger partial charge is 0.358 e. The minimum Gasteiger partial charge on any atom is -0.358 e. The lowest BCUT2D eigenvalue weighted by molar-refractivity contribution is -0.133. The molecule has 122 valence electrons.